The molecule has 0 heterocycles. The van der Waals surface area contributed by atoms with E-state index in [2.05, 4.69) is 5.32 Å². The minimum absolute atomic E-state index is 0.220. The zero-order valence-corrected chi connectivity index (χ0v) is 14.8. The number of rotatable bonds is 9. The van der Waals surface area contributed by atoms with E-state index in [4.69, 9.17) is 14.6 Å². The van der Waals surface area contributed by atoms with Crippen LogP contribution in [0.1, 0.15) is 19.4 Å². The Morgan fingerprint density at radius 2 is 1.54 bits per heavy atom. The maximum absolute atomic E-state index is 12.0. The lowest BCUT2D eigenvalue weighted by Gasteiger charge is -2.18. The van der Waals surface area contributed by atoms with Crippen molar-refractivity contribution in [2.45, 2.75) is 26.5 Å². The van der Waals surface area contributed by atoms with Gasteiger partial charge in [-0.2, -0.15) is 0 Å². The van der Waals surface area contributed by atoms with Gasteiger partial charge in [0.25, 0.3) is 5.91 Å². The molecule has 0 aliphatic heterocycles. The van der Waals surface area contributed by atoms with Crippen LogP contribution < -0.4 is 14.8 Å². The summed E-state index contributed by atoms with van der Waals surface area (Å²) in [7, 11) is 0. The summed E-state index contributed by atoms with van der Waals surface area (Å²) in [5, 5.41) is 11.6. The first-order valence-corrected chi connectivity index (χ1v) is 8.38. The van der Waals surface area contributed by atoms with Crippen LogP contribution in [0.3, 0.4) is 0 Å². The number of aliphatic carboxylic acids is 1. The topological polar surface area (TPSA) is 84.9 Å². The molecule has 2 unspecified atom stereocenters. The minimum Gasteiger partial charge on any atom is -0.485 e. The van der Waals surface area contributed by atoms with Crippen LogP contribution in [-0.4, -0.2) is 29.6 Å². The van der Waals surface area contributed by atoms with Crippen molar-refractivity contribution < 1.29 is 24.2 Å². The van der Waals surface area contributed by atoms with Gasteiger partial charge in [-0.05, 0) is 31.5 Å². The van der Waals surface area contributed by atoms with E-state index in [1.165, 1.54) is 0 Å². The van der Waals surface area contributed by atoms with Crippen LogP contribution in [0.5, 0.6) is 11.5 Å². The Hall–Kier alpha value is -3.02. The van der Waals surface area contributed by atoms with E-state index >= 15 is 0 Å². The summed E-state index contributed by atoms with van der Waals surface area (Å²) in [6.45, 7) is 3.36. The fourth-order valence-corrected chi connectivity index (χ4v) is 2.20. The van der Waals surface area contributed by atoms with E-state index < -0.39 is 17.9 Å². The largest absolute Gasteiger partial charge is 0.485 e. The van der Waals surface area contributed by atoms with Crippen molar-refractivity contribution in [2.24, 2.45) is 5.92 Å². The molecule has 0 spiro atoms. The number of nitrogens with one attached hydrogen (secondary N) is 1. The number of carboxylic acid groups (broad SMARTS) is 1. The lowest BCUT2D eigenvalue weighted by atomic mass is 10.0. The summed E-state index contributed by atoms with van der Waals surface area (Å²) in [5.74, 6) is -1.03. The molecule has 2 aromatic rings. The average molecular weight is 357 g/mol. The predicted molar refractivity (Wildman–Crippen MR) is 97.1 cm³/mol. The number of benzene rings is 2. The quantitative estimate of drug-likeness (QED) is 0.721. The van der Waals surface area contributed by atoms with Crippen LogP contribution in [0.4, 0.5) is 0 Å². The Labute approximate surface area is 152 Å². The molecule has 0 aliphatic rings. The fraction of sp³-hybridized carbons (Fsp3) is 0.300. The zero-order valence-electron chi connectivity index (χ0n) is 14.8. The maximum atomic E-state index is 12.0. The molecule has 26 heavy (non-hydrogen) atoms. The highest BCUT2D eigenvalue weighted by molar-refractivity contribution is 5.79. The van der Waals surface area contributed by atoms with Crippen molar-refractivity contribution in [3.8, 4) is 11.5 Å². The van der Waals surface area contributed by atoms with E-state index in [9.17, 15) is 9.59 Å². The molecule has 0 fully saturated rings. The summed E-state index contributed by atoms with van der Waals surface area (Å²) in [4.78, 5) is 22.9. The van der Waals surface area contributed by atoms with E-state index in [0.717, 1.165) is 5.56 Å². The van der Waals surface area contributed by atoms with Crippen molar-refractivity contribution in [3.63, 3.8) is 0 Å². The number of hydrogen-bond acceptors (Lipinski definition) is 4. The third-order valence-corrected chi connectivity index (χ3v) is 3.97. The Kier molecular flexibility index (Phi) is 7.02. The maximum Gasteiger partial charge on any atom is 0.308 e. The molecule has 138 valence electrons. The van der Waals surface area contributed by atoms with Gasteiger partial charge in [0.2, 0.25) is 0 Å². The molecule has 0 aliphatic carbocycles. The molecule has 1 amide bonds. The molecule has 2 N–H and O–H groups in total. The van der Waals surface area contributed by atoms with Crippen molar-refractivity contribution in [1.82, 2.24) is 5.32 Å². The molecular formula is C20H23NO5. The van der Waals surface area contributed by atoms with Gasteiger partial charge in [-0.3, -0.25) is 9.59 Å². The zero-order chi connectivity index (χ0) is 18.9. The molecule has 0 radical (unpaired) electrons. The molecule has 2 atom stereocenters. The van der Waals surface area contributed by atoms with E-state index in [1.807, 2.05) is 36.4 Å². The third-order valence-electron chi connectivity index (χ3n) is 3.97. The number of amides is 1. The molecule has 2 aromatic carbocycles. The molecule has 6 heteroatoms. The lowest BCUT2D eigenvalue weighted by molar-refractivity contribution is -0.142. The van der Waals surface area contributed by atoms with Crippen molar-refractivity contribution >= 4 is 11.9 Å². The number of hydrogen-bond donors (Lipinski definition) is 2. The van der Waals surface area contributed by atoms with Gasteiger partial charge in [0, 0.05) is 6.04 Å². The van der Waals surface area contributed by atoms with Gasteiger partial charge in [0.15, 0.2) is 18.1 Å². The second-order valence-corrected chi connectivity index (χ2v) is 5.99. The predicted octanol–water partition coefficient (Wildman–Crippen LogP) is 2.87. The Balaban J connectivity index is 1.89. The fourth-order valence-electron chi connectivity index (χ4n) is 2.20. The second-order valence-electron chi connectivity index (χ2n) is 5.99. The van der Waals surface area contributed by atoms with Gasteiger partial charge in [-0.25, -0.2) is 0 Å². The molecule has 0 saturated heterocycles. The van der Waals surface area contributed by atoms with Gasteiger partial charge in [-0.15, -0.1) is 0 Å². The first kappa shape index (κ1) is 19.3. The van der Waals surface area contributed by atoms with Crippen molar-refractivity contribution in [3.05, 3.63) is 60.2 Å². The van der Waals surface area contributed by atoms with E-state index in [-0.39, 0.29) is 12.5 Å². The van der Waals surface area contributed by atoms with Crippen LogP contribution in [0.2, 0.25) is 0 Å². The summed E-state index contributed by atoms with van der Waals surface area (Å²) in [5.41, 5.74) is 1.02. The van der Waals surface area contributed by atoms with Gasteiger partial charge in [-0.1, -0.05) is 42.5 Å². The molecule has 0 aromatic heterocycles. The highest BCUT2D eigenvalue weighted by Gasteiger charge is 2.21. The Morgan fingerprint density at radius 1 is 0.962 bits per heavy atom. The van der Waals surface area contributed by atoms with Gasteiger partial charge in [0.1, 0.15) is 6.61 Å². The highest BCUT2D eigenvalue weighted by atomic mass is 16.5. The standard InChI is InChI=1S/C20H23NO5/c1-14(20(23)24)15(2)21-19(22)13-26-18-11-7-6-10-17(18)25-12-16-8-4-3-5-9-16/h3-11,14-15H,12-13H2,1-2H3,(H,21,22)(H,23,24). The second kappa shape index (κ2) is 9.46. The summed E-state index contributed by atoms with van der Waals surface area (Å²) in [6.07, 6.45) is 0. The molecule has 0 saturated carbocycles. The number of para-hydroxylation sites is 2. The molecule has 0 bridgehead atoms. The van der Waals surface area contributed by atoms with Crippen LogP contribution in [0, 0.1) is 5.92 Å². The molecular weight excluding hydrogens is 334 g/mol. The third kappa shape index (κ3) is 5.81. The average Bonchev–Trinajstić information content (AvgIpc) is 2.65. The highest BCUT2D eigenvalue weighted by Crippen LogP contribution is 2.27. The summed E-state index contributed by atoms with van der Waals surface area (Å²) < 4.78 is 11.3. The Bertz CT molecular complexity index is 732. The van der Waals surface area contributed by atoms with Gasteiger partial charge < -0.3 is 19.9 Å². The lowest BCUT2D eigenvalue weighted by Crippen LogP contribution is -2.42. The smallest absolute Gasteiger partial charge is 0.308 e. The number of carbonyl (C=O) groups is 2. The van der Waals surface area contributed by atoms with E-state index in [0.29, 0.717) is 18.1 Å². The number of ether oxygens (including phenoxy) is 2. The van der Waals surface area contributed by atoms with E-state index in [1.54, 1.807) is 32.0 Å². The van der Waals surface area contributed by atoms with Gasteiger partial charge >= 0.3 is 5.97 Å². The summed E-state index contributed by atoms with van der Waals surface area (Å²) >= 11 is 0. The van der Waals surface area contributed by atoms with Crippen molar-refractivity contribution in [1.29, 1.82) is 0 Å². The Morgan fingerprint density at radius 3 is 2.15 bits per heavy atom. The monoisotopic (exact) mass is 357 g/mol. The minimum atomic E-state index is -0.960. The summed E-state index contributed by atoms with van der Waals surface area (Å²) in [6, 6.07) is 16.3. The first-order chi connectivity index (χ1) is 12.5. The SMILES string of the molecule is CC(NC(=O)COc1ccccc1OCc1ccccc1)C(C)C(=O)O. The van der Waals surface area contributed by atoms with Crippen LogP contribution >= 0.6 is 0 Å². The van der Waals surface area contributed by atoms with Crippen LogP contribution in [0.25, 0.3) is 0 Å². The van der Waals surface area contributed by atoms with Gasteiger partial charge in [0.05, 0.1) is 5.92 Å². The number of carbonyl (C=O) groups excluding carboxylic acids is 1. The van der Waals surface area contributed by atoms with Crippen molar-refractivity contribution in [2.75, 3.05) is 6.61 Å². The normalized spacial score (nSPS) is 12.7. The first-order valence-electron chi connectivity index (χ1n) is 8.38. The number of carboxylic acids is 1. The van der Waals surface area contributed by atoms with Crippen LogP contribution in [0.15, 0.2) is 54.6 Å². The molecule has 6 nitrogen and oxygen atoms in total. The van der Waals surface area contributed by atoms with Crippen LogP contribution in [-0.2, 0) is 16.2 Å². The molecule has 2 rings (SSSR count).